The smallest absolute Gasteiger partial charge is 0.123 e. The summed E-state index contributed by atoms with van der Waals surface area (Å²) in [7, 11) is 0. The fourth-order valence-electron chi connectivity index (χ4n) is 1.96. The summed E-state index contributed by atoms with van der Waals surface area (Å²) in [6, 6.07) is 5.40. The van der Waals surface area contributed by atoms with Crippen LogP contribution in [0.1, 0.15) is 37.9 Å². The molecule has 0 bridgehead atoms. The molecule has 0 aromatic heterocycles. The Hall–Kier alpha value is -0.540. The van der Waals surface area contributed by atoms with Crippen molar-refractivity contribution in [2.45, 2.75) is 33.7 Å². The minimum atomic E-state index is -0.152. The first-order valence-corrected chi connectivity index (χ1v) is 7.77. The van der Waals surface area contributed by atoms with Gasteiger partial charge in [0, 0.05) is 11.8 Å². The third-order valence-corrected chi connectivity index (χ3v) is 4.26. The monoisotopic (exact) mass is 269 g/mol. The highest BCUT2D eigenvalue weighted by atomic mass is 32.2. The third kappa shape index (κ3) is 4.99. The molecule has 1 N–H and O–H groups in total. The number of rotatable bonds is 7. The highest BCUT2D eigenvalue weighted by Gasteiger charge is 2.13. The fourth-order valence-corrected chi connectivity index (χ4v) is 3.10. The van der Waals surface area contributed by atoms with Gasteiger partial charge in [0.25, 0.3) is 0 Å². The van der Waals surface area contributed by atoms with E-state index in [9.17, 15) is 4.39 Å². The maximum atomic E-state index is 13.1. The van der Waals surface area contributed by atoms with Crippen molar-refractivity contribution in [2.24, 2.45) is 5.92 Å². The van der Waals surface area contributed by atoms with Crippen LogP contribution in [0.4, 0.5) is 4.39 Å². The van der Waals surface area contributed by atoms with E-state index in [-0.39, 0.29) is 5.82 Å². The molecule has 0 spiro atoms. The number of hydrogen-bond donors (Lipinski definition) is 1. The van der Waals surface area contributed by atoms with Crippen LogP contribution >= 0.6 is 11.8 Å². The molecule has 1 aromatic rings. The average Bonchev–Trinajstić information content (AvgIpc) is 2.28. The Balaban J connectivity index is 2.70. The molecule has 1 unspecified atom stereocenters. The molecule has 0 aliphatic heterocycles. The molecule has 0 aliphatic carbocycles. The lowest BCUT2D eigenvalue weighted by molar-refractivity contribution is 0.593. The molecule has 3 heteroatoms. The van der Waals surface area contributed by atoms with Crippen LogP contribution in [0.2, 0.25) is 0 Å². The summed E-state index contributed by atoms with van der Waals surface area (Å²) in [5.74, 6) is 2.77. The topological polar surface area (TPSA) is 12.0 Å². The molecule has 1 rings (SSSR count). The van der Waals surface area contributed by atoms with Crippen LogP contribution in [0.15, 0.2) is 18.2 Å². The molecule has 0 fully saturated rings. The SMILES string of the molecule is CCNC(CSCC(C)C)c1ccc(F)cc1C. The molecule has 102 valence electrons. The number of halogens is 1. The summed E-state index contributed by atoms with van der Waals surface area (Å²) in [5.41, 5.74) is 2.25. The van der Waals surface area contributed by atoms with Crippen molar-refractivity contribution in [3.05, 3.63) is 35.1 Å². The average molecular weight is 269 g/mol. The second kappa shape index (κ2) is 7.80. The van der Waals surface area contributed by atoms with Crippen molar-refractivity contribution in [1.82, 2.24) is 5.32 Å². The number of hydrogen-bond acceptors (Lipinski definition) is 2. The largest absolute Gasteiger partial charge is 0.310 e. The Morgan fingerprint density at radius 3 is 2.56 bits per heavy atom. The van der Waals surface area contributed by atoms with Crippen LogP contribution in [0.25, 0.3) is 0 Å². The quantitative estimate of drug-likeness (QED) is 0.797. The van der Waals surface area contributed by atoms with Gasteiger partial charge in [-0.1, -0.05) is 26.8 Å². The molecule has 0 amide bonds. The molecule has 0 radical (unpaired) electrons. The zero-order valence-electron chi connectivity index (χ0n) is 11.8. The molecule has 0 heterocycles. The molecule has 1 aromatic carbocycles. The van der Waals surface area contributed by atoms with Crippen molar-refractivity contribution in [3.8, 4) is 0 Å². The first kappa shape index (κ1) is 15.5. The Morgan fingerprint density at radius 1 is 1.28 bits per heavy atom. The summed E-state index contributed by atoms with van der Waals surface area (Å²) in [6.07, 6.45) is 0. The second-order valence-corrected chi connectivity index (χ2v) is 6.12. The summed E-state index contributed by atoms with van der Waals surface area (Å²) >= 11 is 1.96. The molecule has 18 heavy (non-hydrogen) atoms. The third-order valence-electron chi connectivity index (χ3n) is 2.79. The van der Waals surface area contributed by atoms with Crippen LogP contribution in [0, 0.1) is 18.7 Å². The lowest BCUT2D eigenvalue weighted by Crippen LogP contribution is -2.24. The zero-order valence-corrected chi connectivity index (χ0v) is 12.6. The van der Waals surface area contributed by atoms with Gasteiger partial charge in [0.05, 0.1) is 0 Å². The molecule has 0 aliphatic rings. The number of benzene rings is 1. The molecule has 0 saturated heterocycles. The lowest BCUT2D eigenvalue weighted by Gasteiger charge is -2.20. The standard InChI is InChI=1S/C15H24FNS/c1-5-17-15(10-18-9-11(2)3)14-7-6-13(16)8-12(14)4/h6-8,11,15,17H,5,9-10H2,1-4H3. The molecule has 1 atom stereocenters. The van der Waals surface area contributed by atoms with Gasteiger partial charge >= 0.3 is 0 Å². The van der Waals surface area contributed by atoms with Crippen molar-refractivity contribution < 1.29 is 4.39 Å². The van der Waals surface area contributed by atoms with Gasteiger partial charge in [0.2, 0.25) is 0 Å². The van der Waals surface area contributed by atoms with Crippen molar-refractivity contribution in [2.75, 3.05) is 18.1 Å². The highest BCUT2D eigenvalue weighted by Crippen LogP contribution is 2.23. The molecular formula is C15H24FNS. The van der Waals surface area contributed by atoms with Gasteiger partial charge in [-0.15, -0.1) is 0 Å². The zero-order chi connectivity index (χ0) is 13.5. The minimum absolute atomic E-state index is 0.152. The maximum absolute atomic E-state index is 13.1. The van der Waals surface area contributed by atoms with Crippen LogP contribution in [-0.4, -0.2) is 18.1 Å². The van der Waals surface area contributed by atoms with E-state index < -0.39 is 0 Å². The van der Waals surface area contributed by atoms with Crippen LogP contribution in [-0.2, 0) is 0 Å². The van der Waals surface area contributed by atoms with Crippen LogP contribution < -0.4 is 5.32 Å². The summed E-state index contributed by atoms with van der Waals surface area (Å²) in [6.45, 7) is 9.50. The maximum Gasteiger partial charge on any atom is 0.123 e. The van der Waals surface area contributed by atoms with Gasteiger partial charge < -0.3 is 5.32 Å². The Kier molecular flexibility index (Phi) is 6.72. The Labute approximate surface area is 115 Å². The van der Waals surface area contributed by atoms with Gasteiger partial charge in [-0.2, -0.15) is 11.8 Å². The van der Waals surface area contributed by atoms with Crippen LogP contribution in [0.3, 0.4) is 0 Å². The normalized spacial score (nSPS) is 13.0. The van der Waals surface area contributed by atoms with E-state index in [0.29, 0.717) is 12.0 Å². The summed E-state index contributed by atoms with van der Waals surface area (Å²) < 4.78 is 13.1. The Bertz CT molecular complexity index is 366. The van der Waals surface area contributed by atoms with Crippen molar-refractivity contribution in [1.29, 1.82) is 0 Å². The predicted molar refractivity (Wildman–Crippen MR) is 79.7 cm³/mol. The van der Waals surface area contributed by atoms with Crippen molar-refractivity contribution >= 4 is 11.8 Å². The first-order valence-electron chi connectivity index (χ1n) is 6.61. The number of thioether (sulfide) groups is 1. The van der Waals surface area contributed by atoms with E-state index in [1.54, 1.807) is 12.1 Å². The molecule has 0 saturated carbocycles. The van der Waals surface area contributed by atoms with Gasteiger partial charge in [-0.3, -0.25) is 0 Å². The Morgan fingerprint density at radius 2 is 2.00 bits per heavy atom. The predicted octanol–water partition coefficient (Wildman–Crippen LogP) is 4.17. The fraction of sp³-hybridized carbons (Fsp3) is 0.600. The van der Waals surface area contributed by atoms with E-state index in [1.807, 2.05) is 24.8 Å². The van der Waals surface area contributed by atoms with E-state index in [0.717, 1.165) is 17.9 Å². The lowest BCUT2D eigenvalue weighted by atomic mass is 10.0. The molecule has 1 nitrogen and oxygen atoms in total. The van der Waals surface area contributed by atoms with E-state index in [1.165, 1.54) is 11.3 Å². The van der Waals surface area contributed by atoms with Gasteiger partial charge in [0.15, 0.2) is 0 Å². The van der Waals surface area contributed by atoms with Gasteiger partial charge in [0.1, 0.15) is 5.82 Å². The van der Waals surface area contributed by atoms with Crippen LogP contribution in [0.5, 0.6) is 0 Å². The van der Waals surface area contributed by atoms with E-state index >= 15 is 0 Å². The highest BCUT2D eigenvalue weighted by molar-refractivity contribution is 7.99. The summed E-state index contributed by atoms with van der Waals surface area (Å²) in [5, 5.41) is 3.49. The number of nitrogens with one attached hydrogen (secondary N) is 1. The molecular weight excluding hydrogens is 245 g/mol. The van der Waals surface area contributed by atoms with Gasteiger partial charge in [-0.25, -0.2) is 4.39 Å². The first-order chi connectivity index (χ1) is 8.54. The van der Waals surface area contributed by atoms with Gasteiger partial charge in [-0.05, 0) is 48.4 Å². The second-order valence-electron chi connectivity index (χ2n) is 5.04. The van der Waals surface area contributed by atoms with E-state index in [2.05, 4.69) is 26.1 Å². The minimum Gasteiger partial charge on any atom is -0.310 e. The van der Waals surface area contributed by atoms with E-state index in [4.69, 9.17) is 0 Å². The summed E-state index contributed by atoms with van der Waals surface area (Å²) in [4.78, 5) is 0. The van der Waals surface area contributed by atoms with Crippen molar-refractivity contribution in [3.63, 3.8) is 0 Å². The number of aryl methyl sites for hydroxylation is 1.